The van der Waals surface area contributed by atoms with Crippen LogP contribution in [-0.4, -0.2) is 15.9 Å². The molecule has 0 spiro atoms. The third-order valence-electron chi connectivity index (χ3n) is 3.75. The van der Waals surface area contributed by atoms with E-state index in [9.17, 15) is 18.0 Å². The first-order valence-electron chi connectivity index (χ1n) is 7.69. The number of hydrogen-bond donors (Lipinski definition) is 1. The Balaban J connectivity index is 1.73. The Kier molecular flexibility index (Phi) is 4.15. The second-order valence-corrected chi connectivity index (χ2v) is 6.40. The van der Waals surface area contributed by atoms with Crippen molar-refractivity contribution in [3.05, 3.63) is 65.4 Å². The summed E-state index contributed by atoms with van der Waals surface area (Å²) in [6, 6.07) is 11.9. The molecule has 0 unspecified atom stereocenters. The lowest BCUT2D eigenvalue weighted by atomic mass is 10.1. The molecule has 0 radical (unpaired) electrons. The number of furan rings is 1. The number of pyridine rings is 1. The van der Waals surface area contributed by atoms with Gasteiger partial charge in [-0.2, -0.15) is 13.2 Å². The molecule has 3 heterocycles. The van der Waals surface area contributed by atoms with Crippen LogP contribution in [-0.2, 0) is 6.18 Å². The van der Waals surface area contributed by atoms with Gasteiger partial charge >= 0.3 is 6.18 Å². The molecule has 0 atom stereocenters. The number of para-hydroxylation sites is 1. The van der Waals surface area contributed by atoms with Crippen molar-refractivity contribution in [2.75, 3.05) is 5.32 Å². The summed E-state index contributed by atoms with van der Waals surface area (Å²) in [7, 11) is 0. The summed E-state index contributed by atoms with van der Waals surface area (Å²) < 4.78 is 43.4. The maximum absolute atomic E-state index is 12.7. The normalized spacial score (nSPS) is 11.7. The molecule has 0 aliphatic carbocycles. The summed E-state index contributed by atoms with van der Waals surface area (Å²) in [4.78, 5) is 20.6. The minimum absolute atomic E-state index is 0.132. The van der Waals surface area contributed by atoms with Crippen molar-refractivity contribution < 1.29 is 22.4 Å². The SMILES string of the molecule is O=C(Nc1nc(C(F)(F)F)cs1)c1cc(-c2ccco2)nc2ccccc12. The molecule has 0 saturated heterocycles. The van der Waals surface area contributed by atoms with E-state index in [1.54, 1.807) is 36.4 Å². The van der Waals surface area contributed by atoms with Gasteiger partial charge in [0.25, 0.3) is 5.91 Å². The van der Waals surface area contributed by atoms with Crippen LogP contribution in [0.25, 0.3) is 22.4 Å². The standard InChI is InChI=1S/C18H10F3N3O2S/c19-18(20,21)15-9-27-17(23-15)24-16(25)11-8-13(14-6-3-7-26-14)22-12-5-2-1-4-10(11)12/h1-9H,(H,23,24,25). The molecular formula is C18H10F3N3O2S. The van der Waals surface area contributed by atoms with E-state index in [1.807, 2.05) is 0 Å². The average molecular weight is 389 g/mol. The minimum atomic E-state index is -4.56. The molecule has 0 aliphatic heterocycles. The number of aromatic nitrogens is 2. The molecule has 0 aliphatic rings. The van der Waals surface area contributed by atoms with Gasteiger partial charge < -0.3 is 4.42 Å². The van der Waals surface area contributed by atoms with Crippen molar-refractivity contribution >= 4 is 33.3 Å². The number of fused-ring (bicyclic) bond motifs is 1. The van der Waals surface area contributed by atoms with Crippen LogP contribution in [0.4, 0.5) is 18.3 Å². The van der Waals surface area contributed by atoms with Crippen LogP contribution in [0.15, 0.2) is 58.5 Å². The first-order valence-corrected chi connectivity index (χ1v) is 8.57. The summed E-state index contributed by atoms with van der Waals surface area (Å²) in [5.74, 6) is -0.104. The molecule has 3 aromatic heterocycles. The lowest BCUT2D eigenvalue weighted by Gasteiger charge is -2.08. The molecular weight excluding hydrogens is 379 g/mol. The van der Waals surface area contributed by atoms with Gasteiger partial charge in [-0.25, -0.2) is 9.97 Å². The number of nitrogens with one attached hydrogen (secondary N) is 1. The Morgan fingerprint density at radius 3 is 2.63 bits per heavy atom. The molecule has 5 nitrogen and oxygen atoms in total. The van der Waals surface area contributed by atoms with Crippen LogP contribution in [0, 0.1) is 0 Å². The lowest BCUT2D eigenvalue weighted by Crippen LogP contribution is -2.13. The van der Waals surface area contributed by atoms with Gasteiger partial charge in [0.05, 0.1) is 17.3 Å². The molecule has 1 amide bonds. The zero-order valence-corrected chi connectivity index (χ0v) is 14.3. The van der Waals surface area contributed by atoms with Crippen molar-refractivity contribution in [3.63, 3.8) is 0 Å². The molecule has 27 heavy (non-hydrogen) atoms. The molecule has 0 bridgehead atoms. The third kappa shape index (κ3) is 3.41. The highest BCUT2D eigenvalue weighted by Crippen LogP contribution is 2.32. The molecule has 4 rings (SSSR count). The predicted octanol–water partition coefficient (Wildman–Crippen LogP) is 5.22. The van der Waals surface area contributed by atoms with E-state index >= 15 is 0 Å². The fourth-order valence-corrected chi connectivity index (χ4v) is 3.25. The van der Waals surface area contributed by atoms with Crippen molar-refractivity contribution in [1.82, 2.24) is 9.97 Å². The van der Waals surface area contributed by atoms with E-state index in [1.165, 1.54) is 12.3 Å². The molecule has 1 N–H and O–H groups in total. The third-order valence-corrected chi connectivity index (χ3v) is 4.51. The quantitative estimate of drug-likeness (QED) is 0.521. The number of hydrogen-bond acceptors (Lipinski definition) is 5. The number of halogens is 3. The molecule has 136 valence electrons. The van der Waals surface area contributed by atoms with E-state index in [0.29, 0.717) is 33.7 Å². The van der Waals surface area contributed by atoms with Gasteiger partial charge in [0.2, 0.25) is 0 Å². The van der Waals surface area contributed by atoms with Crippen LogP contribution in [0.5, 0.6) is 0 Å². The second kappa shape index (κ2) is 6.51. The van der Waals surface area contributed by atoms with Gasteiger partial charge in [-0.05, 0) is 24.3 Å². The Bertz CT molecular complexity index is 1120. The number of benzene rings is 1. The van der Waals surface area contributed by atoms with Gasteiger partial charge in [-0.1, -0.05) is 18.2 Å². The first kappa shape index (κ1) is 17.2. The van der Waals surface area contributed by atoms with Crippen molar-refractivity contribution in [2.24, 2.45) is 0 Å². The van der Waals surface area contributed by atoms with E-state index in [0.717, 1.165) is 5.38 Å². The van der Waals surface area contributed by atoms with E-state index < -0.39 is 17.8 Å². The Morgan fingerprint density at radius 2 is 1.93 bits per heavy atom. The number of rotatable bonds is 3. The molecule has 0 saturated carbocycles. The maximum Gasteiger partial charge on any atom is 0.434 e. The van der Waals surface area contributed by atoms with Crippen molar-refractivity contribution in [2.45, 2.75) is 6.18 Å². The maximum atomic E-state index is 12.7. The Hall–Kier alpha value is -3.20. The predicted molar refractivity (Wildman–Crippen MR) is 94.5 cm³/mol. The summed E-state index contributed by atoms with van der Waals surface area (Å²) in [5.41, 5.74) is 0.222. The fraction of sp³-hybridized carbons (Fsp3) is 0.0556. The molecule has 4 aromatic rings. The van der Waals surface area contributed by atoms with Gasteiger partial charge in [-0.3, -0.25) is 10.1 Å². The highest BCUT2D eigenvalue weighted by atomic mass is 32.1. The van der Waals surface area contributed by atoms with Gasteiger partial charge in [0, 0.05) is 10.8 Å². The molecule has 9 heteroatoms. The molecule has 1 aromatic carbocycles. The van der Waals surface area contributed by atoms with Gasteiger partial charge in [0.15, 0.2) is 16.6 Å². The summed E-state index contributed by atoms with van der Waals surface area (Å²) in [5, 5.41) is 3.72. The van der Waals surface area contributed by atoms with Crippen LogP contribution >= 0.6 is 11.3 Å². The number of anilines is 1. The molecule has 0 fully saturated rings. The average Bonchev–Trinajstić information content (AvgIpc) is 3.32. The summed E-state index contributed by atoms with van der Waals surface area (Å²) >= 11 is 0.710. The lowest BCUT2D eigenvalue weighted by molar-refractivity contribution is -0.140. The Labute approximate surface area is 154 Å². The highest BCUT2D eigenvalue weighted by Gasteiger charge is 2.34. The van der Waals surface area contributed by atoms with E-state index in [-0.39, 0.29) is 10.7 Å². The minimum Gasteiger partial charge on any atom is -0.463 e. The van der Waals surface area contributed by atoms with E-state index in [2.05, 4.69) is 15.3 Å². The number of carbonyl (C=O) groups excluding carboxylic acids is 1. The Morgan fingerprint density at radius 1 is 1.11 bits per heavy atom. The summed E-state index contributed by atoms with van der Waals surface area (Å²) in [6.07, 6.45) is -3.07. The number of thiazole rings is 1. The topological polar surface area (TPSA) is 68.0 Å². The number of alkyl halides is 3. The van der Waals surface area contributed by atoms with Crippen LogP contribution in [0.1, 0.15) is 16.1 Å². The fourth-order valence-electron chi connectivity index (χ4n) is 2.54. The monoisotopic (exact) mass is 389 g/mol. The zero-order valence-electron chi connectivity index (χ0n) is 13.4. The van der Waals surface area contributed by atoms with Gasteiger partial charge in [-0.15, -0.1) is 11.3 Å². The van der Waals surface area contributed by atoms with E-state index in [4.69, 9.17) is 4.42 Å². The number of nitrogens with zero attached hydrogens (tertiary/aromatic N) is 2. The summed E-state index contributed by atoms with van der Waals surface area (Å²) in [6.45, 7) is 0. The number of amides is 1. The zero-order chi connectivity index (χ0) is 19.0. The first-order chi connectivity index (χ1) is 12.9. The smallest absolute Gasteiger partial charge is 0.434 e. The number of carbonyl (C=O) groups is 1. The van der Waals surface area contributed by atoms with Gasteiger partial charge in [0.1, 0.15) is 5.69 Å². The van der Waals surface area contributed by atoms with Crippen molar-refractivity contribution in [1.29, 1.82) is 0 Å². The largest absolute Gasteiger partial charge is 0.463 e. The highest BCUT2D eigenvalue weighted by molar-refractivity contribution is 7.14. The van der Waals surface area contributed by atoms with Crippen LogP contribution in [0.3, 0.4) is 0 Å². The van der Waals surface area contributed by atoms with Crippen LogP contribution < -0.4 is 5.32 Å². The van der Waals surface area contributed by atoms with Crippen molar-refractivity contribution in [3.8, 4) is 11.5 Å². The van der Waals surface area contributed by atoms with Crippen LogP contribution in [0.2, 0.25) is 0 Å². The second-order valence-electron chi connectivity index (χ2n) is 5.54.